The zero-order valence-electron chi connectivity index (χ0n) is 7.83. The van der Waals surface area contributed by atoms with Crippen molar-refractivity contribution in [2.75, 3.05) is 32.9 Å². The highest BCUT2D eigenvalue weighted by atomic mass is 16.5. The van der Waals surface area contributed by atoms with Gasteiger partial charge in [-0.25, -0.2) is 0 Å². The molecule has 1 rings (SSSR count). The third kappa shape index (κ3) is 2.73. The Bertz CT molecular complexity index is 101. The van der Waals surface area contributed by atoms with Gasteiger partial charge in [0.25, 0.3) is 0 Å². The smallest absolute Gasteiger partial charge is 0.0623 e. The van der Waals surface area contributed by atoms with Crippen LogP contribution in [0.2, 0.25) is 0 Å². The van der Waals surface area contributed by atoms with Crippen LogP contribution >= 0.6 is 0 Å². The van der Waals surface area contributed by atoms with Gasteiger partial charge in [-0.15, -0.1) is 0 Å². The molecule has 0 aromatic rings. The summed E-state index contributed by atoms with van der Waals surface area (Å²) in [6.45, 7) is 6.26. The first-order valence-electron chi connectivity index (χ1n) is 4.81. The lowest BCUT2D eigenvalue weighted by Crippen LogP contribution is -2.46. The molecule has 0 bridgehead atoms. The number of hydrogen-bond acceptors (Lipinski definition) is 3. The maximum Gasteiger partial charge on any atom is 0.0623 e. The van der Waals surface area contributed by atoms with Gasteiger partial charge in [-0.05, 0) is 19.4 Å². The van der Waals surface area contributed by atoms with Crippen molar-refractivity contribution in [2.24, 2.45) is 0 Å². The summed E-state index contributed by atoms with van der Waals surface area (Å²) < 4.78 is 5.36. The number of rotatable bonds is 4. The monoisotopic (exact) mass is 173 g/mol. The van der Waals surface area contributed by atoms with Crippen LogP contribution in [0.15, 0.2) is 0 Å². The topological polar surface area (TPSA) is 32.7 Å². The van der Waals surface area contributed by atoms with E-state index in [0.29, 0.717) is 6.04 Å². The van der Waals surface area contributed by atoms with Gasteiger partial charge in [0.15, 0.2) is 0 Å². The molecule has 1 saturated heterocycles. The highest BCUT2D eigenvalue weighted by Crippen LogP contribution is 2.10. The molecule has 1 unspecified atom stereocenters. The molecule has 0 aliphatic carbocycles. The molecular formula is C9H19NO2. The van der Waals surface area contributed by atoms with Crippen LogP contribution in [-0.4, -0.2) is 49.0 Å². The Morgan fingerprint density at radius 1 is 1.58 bits per heavy atom. The van der Waals surface area contributed by atoms with Crippen LogP contribution in [0.3, 0.4) is 0 Å². The van der Waals surface area contributed by atoms with Crippen molar-refractivity contribution in [1.29, 1.82) is 0 Å². The summed E-state index contributed by atoms with van der Waals surface area (Å²) in [5.41, 5.74) is 0. The van der Waals surface area contributed by atoms with Gasteiger partial charge in [0.05, 0.1) is 13.2 Å². The Balaban J connectivity index is 2.31. The molecule has 1 aliphatic rings. The predicted octanol–water partition coefficient (Wildman–Crippen LogP) is 0.480. The molecule has 0 radical (unpaired) electrons. The minimum atomic E-state index is 0.272. The van der Waals surface area contributed by atoms with Crippen LogP contribution in [0.5, 0.6) is 0 Å². The first kappa shape index (κ1) is 9.96. The normalized spacial score (nSPS) is 26.0. The second-order valence-corrected chi connectivity index (χ2v) is 3.28. The second kappa shape index (κ2) is 5.51. The molecule has 0 saturated carbocycles. The van der Waals surface area contributed by atoms with Crippen LogP contribution < -0.4 is 0 Å². The van der Waals surface area contributed by atoms with Gasteiger partial charge in [-0.1, -0.05) is 6.92 Å². The van der Waals surface area contributed by atoms with E-state index < -0.39 is 0 Å². The van der Waals surface area contributed by atoms with E-state index in [-0.39, 0.29) is 6.61 Å². The van der Waals surface area contributed by atoms with Crippen molar-refractivity contribution in [3.8, 4) is 0 Å². The van der Waals surface area contributed by atoms with Gasteiger partial charge in [-0.3, -0.25) is 4.90 Å². The van der Waals surface area contributed by atoms with Crippen molar-refractivity contribution in [3.05, 3.63) is 0 Å². The Hall–Kier alpha value is -0.120. The molecule has 0 aromatic heterocycles. The van der Waals surface area contributed by atoms with Crippen molar-refractivity contribution in [1.82, 2.24) is 4.90 Å². The molecule has 3 nitrogen and oxygen atoms in total. The fourth-order valence-electron chi connectivity index (χ4n) is 1.69. The molecule has 1 aliphatic heterocycles. The van der Waals surface area contributed by atoms with Crippen LogP contribution in [0.4, 0.5) is 0 Å². The molecule has 0 spiro atoms. The molecule has 0 amide bonds. The number of nitrogens with zero attached hydrogens (tertiary/aromatic N) is 1. The summed E-state index contributed by atoms with van der Waals surface area (Å²) in [7, 11) is 0. The average molecular weight is 173 g/mol. The first-order chi connectivity index (χ1) is 5.88. The number of morpholine rings is 1. The van der Waals surface area contributed by atoms with E-state index in [0.717, 1.165) is 32.7 Å². The van der Waals surface area contributed by atoms with Crippen molar-refractivity contribution in [2.45, 2.75) is 25.8 Å². The minimum Gasteiger partial charge on any atom is -0.396 e. The molecule has 0 aromatic carbocycles. The van der Waals surface area contributed by atoms with Gasteiger partial charge in [0, 0.05) is 19.2 Å². The van der Waals surface area contributed by atoms with E-state index in [1.807, 2.05) is 0 Å². The SMILES string of the molecule is CCCN1CCOCC1CCO. The van der Waals surface area contributed by atoms with E-state index in [1.54, 1.807) is 0 Å². The van der Waals surface area contributed by atoms with Crippen molar-refractivity contribution < 1.29 is 9.84 Å². The van der Waals surface area contributed by atoms with E-state index >= 15 is 0 Å². The summed E-state index contributed by atoms with van der Waals surface area (Å²) in [6, 6.07) is 0.448. The lowest BCUT2D eigenvalue weighted by molar-refractivity contribution is -0.0153. The Kier molecular flexibility index (Phi) is 4.58. The van der Waals surface area contributed by atoms with Crippen molar-refractivity contribution >= 4 is 0 Å². The predicted molar refractivity (Wildman–Crippen MR) is 48.2 cm³/mol. The van der Waals surface area contributed by atoms with Gasteiger partial charge < -0.3 is 9.84 Å². The van der Waals surface area contributed by atoms with Crippen LogP contribution in [0, 0.1) is 0 Å². The highest BCUT2D eigenvalue weighted by Gasteiger charge is 2.20. The average Bonchev–Trinajstić information content (AvgIpc) is 2.09. The quantitative estimate of drug-likeness (QED) is 0.671. The maximum absolute atomic E-state index is 8.82. The molecular weight excluding hydrogens is 154 g/mol. The van der Waals surface area contributed by atoms with Crippen LogP contribution in [0.1, 0.15) is 19.8 Å². The number of hydrogen-bond donors (Lipinski definition) is 1. The molecule has 1 atom stereocenters. The Morgan fingerprint density at radius 3 is 3.08 bits per heavy atom. The third-order valence-corrected chi connectivity index (χ3v) is 2.32. The van der Waals surface area contributed by atoms with Crippen molar-refractivity contribution in [3.63, 3.8) is 0 Å². The Labute approximate surface area is 74.3 Å². The fourth-order valence-corrected chi connectivity index (χ4v) is 1.69. The molecule has 1 N–H and O–H groups in total. The zero-order chi connectivity index (χ0) is 8.81. The lowest BCUT2D eigenvalue weighted by Gasteiger charge is -2.35. The minimum absolute atomic E-state index is 0.272. The summed E-state index contributed by atoms with van der Waals surface area (Å²) >= 11 is 0. The molecule has 3 heteroatoms. The largest absolute Gasteiger partial charge is 0.396 e. The molecule has 72 valence electrons. The van der Waals surface area contributed by atoms with E-state index in [9.17, 15) is 0 Å². The maximum atomic E-state index is 8.82. The fraction of sp³-hybridized carbons (Fsp3) is 1.00. The van der Waals surface area contributed by atoms with Crippen LogP contribution in [-0.2, 0) is 4.74 Å². The highest BCUT2D eigenvalue weighted by molar-refractivity contribution is 4.74. The van der Waals surface area contributed by atoms with E-state index in [2.05, 4.69) is 11.8 Å². The summed E-state index contributed by atoms with van der Waals surface area (Å²) in [5.74, 6) is 0. The standard InChI is InChI=1S/C9H19NO2/c1-2-4-10-5-7-12-8-9(10)3-6-11/h9,11H,2-8H2,1H3. The summed E-state index contributed by atoms with van der Waals surface area (Å²) in [4.78, 5) is 2.42. The zero-order valence-corrected chi connectivity index (χ0v) is 7.83. The van der Waals surface area contributed by atoms with E-state index in [1.165, 1.54) is 6.42 Å². The molecule has 1 heterocycles. The van der Waals surface area contributed by atoms with Gasteiger partial charge in [0.1, 0.15) is 0 Å². The summed E-state index contributed by atoms with van der Waals surface area (Å²) in [6.07, 6.45) is 2.03. The Morgan fingerprint density at radius 2 is 2.42 bits per heavy atom. The number of ether oxygens (including phenoxy) is 1. The first-order valence-corrected chi connectivity index (χ1v) is 4.81. The third-order valence-electron chi connectivity index (χ3n) is 2.32. The van der Waals surface area contributed by atoms with Crippen LogP contribution in [0.25, 0.3) is 0 Å². The van der Waals surface area contributed by atoms with Gasteiger partial charge in [0.2, 0.25) is 0 Å². The second-order valence-electron chi connectivity index (χ2n) is 3.28. The van der Waals surface area contributed by atoms with E-state index in [4.69, 9.17) is 9.84 Å². The number of aliphatic hydroxyl groups excluding tert-OH is 1. The summed E-state index contributed by atoms with van der Waals surface area (Å²) in [5, 5.41) is 8.82. The lowest BCUT2D eigenvalue weighted by atomic mass is 10.1. The number of aliphatic hydroxyl groups is 1. The molecule has 1 fully saturated rings. The van der Waals surface area contributed by atoms with Gasteiger partial charge >= 0.3 is 0 Å². The molecule has 12 heavy (non-hydrogen) atoms. The van der Waals surface area contributed by atoms with Gasteiger partial charge in [-0.2, -0.15) is 0 Å².